The first kappa shape index (κ1) is 15.3. The van der Waals surface area contributed by atoms with E-state index in [1.807, 2.05) is 23.6 Å². The first-order valence-electron chi connectivity index (χ1n) is 7.41. The number of carbonyl (C=O) groups excluding carboxylic acids is 1. The minimum absolute atomic E-state index is 0.111. The maximum absolute atomic E-state index is 12.5. The summed E-state index contributed by atoms with van der Waals surface area (Å²) < 4.78 is 5.32. The standard InChI is InChI=1S/C14H24N2O4/c1-3-16(12-9-20-8-11(12)14(18)19)10(2)13(17)15-6-4-5-7-15/h10-12H,3-9H2,1-2H3,(H,18,19). The second-order valence-electron chi connectivity index (χ2n) is 5.59. The van der Waals surface area contributed by atoms with Crippen LogP contribution in [0.4, 0.5) is 0 Å². The van der Waals surface area contributed by atoms with E-state index in [0.29, 0.717) is 13.2 Å². The number of aliphatic carboxylic acids is 1. The van der Waals surface area contributed by atoms with Crippen molar-refractivity contribution in [2.75, 3.05) is 32.8 Å². The Labute approximate surface area is 119 Å². The Hall–Kier alpha value is -1.14. The van der Waals surface area contributed by atoms with Crippen molar-refractivity contribution in [2.45, 2.75) is 38.8 Å². The Morgan fingerprint density at radius 3 is 2.55 bits per heavy atom. The molecule has 6 heteroatoms. The first-order chi connectivity index (χ1) is 9.56. The number of amides is 1. The van der Waals surface area contributed by atoms with Crippen LogP contribution in [0.1, 0.15) is 26.7 Å². The zero-order valence-corrected chi connectivity index (χ0v) is 12.2. The summed E-state index contributed by atoms with van der Waals surface area (Å²) in [5.74, 6) is -1.27. The number of carboxylic acids is 1. The molecule has 0 aromatic heterocycles. The van der Waals surface area contributed by atoms with E-state index < -0.39 is 11.9 Å². The third-order valence-corrected chi connectivity index (χ3v) is 4.43. The zero-order valence-electron chi connectivity index (χ0n) is 12.2. The van der Waals surface area contributed by atoms with Gasteiger partial charge in [-0.15, -0.1) is 0 Å². The molecule has 2 aliphatic rings. The zero-order chi connectivity index (χ0) is 14.7. The van der Waals surface area contributed by atoms with Gasteiger partial charge in [-0.05, 0) is 26.3 Å². The summed E-state index contributed by atoms with van der Waals surface area (Å²) >= 11 is 0. The minimum Gasteiger partial charge on any atom is -0.481 e. The van der Waals surface area contributed by atoms with Gasteiger partial charge < -0.3 is 14.7 Å². The molecular weight excluding hydrogens is 260 g/mol. The molecule has 0 spiro atoms. The third-order valence-electron chi connectivity index (χ3n) is 4.43. The van der Waals surface area contributed by atoms with E-state index in [1.54, 1.807) is 0 Å². The lowest BCUT2D eigenvalue weighted by molar-refractivity contribution is -0.145. The molecule has 2 rings (SSSR count). The maximum Gasteiger partial charge on any atom is 0.310 e. The molecule has 114 valence electrons. The van der Waals surface area contributed by atoms with Gasteiger partial charge in [0.2, 0.25) is 5.91 Å². The number of carboxylic acid groups (broad SMARTS) is 1. The number of hydrogen-bond donors (Lipinski definition) is 1. The van der Waals surface area contributed by atoms with Crippen molar-refractivity contribution in [1.82, 2.24) is 9.80 Å². The Morgan fingerprint density at radius 2 is 2.00 bits per heavy atom. The van der Waals surface area contributed by atoms with Crippen molar-refractivity contribution in [3.8, 4) is 0 Å². The van der Waals surface area contributed by atoms with Gasteiger partial charge in [0.25, 0.3) is 0 Å². The van der Waals surface area contributed by atoms with Gasteiger partial charge >= 0.3 is 5.97 Å². The molecule has 20 heavy (non-hydrogen) atoms. The molecule has 0 aromatic rings. The molecule has 2 fully saturated rings. The van der Waals surface area contributed by atoms with Crippen LogP contribution in [0.5, 0.6) is 0 Å². The van der Waals surface area contributed by atoms with Gasteiger partial charge in [-0.3, -0.25) is 14.5 Å². The average Bonchev–Trinajstić information content (AvgIpc) is 3.09. The number of ether oxygens (including phenoxy) is 1. The number of nitrogens with zero attached hydrogens (tertiary/aromatic N) is 2. The van der Waals surface area contributed by atoms with Crippen LogP contribution < -0.4 is 0 Å². The average molecular weight is 284 g/mol. The molecule has 2 heterocycles. The van der Waals surface area contributed by atoms with E-state index in [1.165, 1.54) is 0 Å². The highest BCUT2D eigenvalue weighted by molar-refractivity contribution is 5.82. The van der Waals surface area contributed by atoms with E-state index in [9.17, 15) is 14.7 Å². The predicted octanol–water partition coefficient (Wildman–Crippen LogP) is 0.419. The molecular formula is C14H24N2O4. The number of likely N-dealkylation sites (N-methyl/N-ethyl adjacent to an activating group) is 1. The number of hydrogen-bond acceptors (Lipinski definition) is 4. The number of likely N-dealkylation sites (tertiary alicyclic amines) is 1. The van der Waals surface area contributed by atoms with Crippen LogP contribution in [0.15, 0.2) is 0 Å². The molecule has 2 aliphatic heterocycles. The van der Waals surface area contributed by atoms with Gasteiger partial charge in [0.1, 0.15) is 0 Å². The molecule has 0 aliphatic carbocycles. The molecule has 6 nitrogen and oxygen atoms in total. The Balaban J connectivity index is 2.06. The first-order valence-corrected chi connectivity index (χ1v) is 7.41. The van der Waals surface area contributed by atoms with Crippen LogP contribution in [0.2, 0.25) is 0 Å². The van der Waals surface area contributed by atoms with Crippen molar-refractivity contribution in [2.24, 2.45) is 5.92 Å². The molecule has 0 radical (unpaired) electrons. The molecule has 1 amide bonds. The summed E-state index contributed by atoms with van der Waals surface area (Å²) in [5.41, 5.74) is 0. The fraction of sp³-hybridized carbons (Fsp3) is 0.857. The lowest BCUT2D eigenvalue weighted by Gasteiger charge is -2.35. The van der Waals surface area contributed by atoms with Gasteiger partial charge in [0.05, 0.1) is 25.2 Å². The van der Waals surface area contributed by atoms with E-state index in [4.69, 9.17) is 4.74 Å². The largest absolute Gasteiger partial charge is 0.481 e. The maximum atomic E-state index is 12.5. The number of carbonyl (C=O) groups is 2. The molecule has 0 aromatic carbocycles. The summed E-state index contributed by atoms with van der Waals surface area (Å²) in [6.45, 7) is 6.77. The van der Waals surface area contributed by atoms with Crippen LogP contribution in [-0.2, 0) is 14.3 Å². The monoisotopic (exact) mass is 284 g/mol. The molecule has 0 saturated carbocycles. The van der Waals surface area contributed by atoms with E-state index in [0.717, 1.165) is 25.9 Å². The van der Waals surface area contributed by atoms with Crippen molar-refractivity contribution in [1.29, 1.82) is 0 Å². The molecule has 2 saturated heterocycles. The Morgan fingerprint density at radius 1 is 1.35 bits per heavy atom. The van der Waals surface area contributed by atoms with Crippen LogP contribution in [0.3, 0.4) is 0 Å². The third kappa shape index (κ3) is 2.96. The minimum atomic E-state index is -0.841. The predicted molar refractivity (Wildman–Crippen MR) is 73.4 cm³/mol. The van der Waals surface area contributed by atoms with Crippen LogP contribution >= 0.6 is 0 Å². The highest BCUT2D eigenvalue weighted by atomic mass is 16.5. The summed E-state index contributed by atoms with van der Waals surface area (Å²) in [6.07, 6.45) is 2.13. The topological polar surface area (TPSA) is 70.1 Å². The second-order valence-corrected chi connectivity index (χ2v) is 5.59. The fourth-order valence-electron chi connectivity index (χ4n) is 3.24. The fourth-order valence-corrected chi connectivity index (χ4v) is 3.24. The summed E-state index contributed by atoms with van der Waals surface area (Å²) in [4.78, 5) is 27.6. The van der Waals surface area contributed by atoms with Gasteiger partial charge in [-0.2, -0.15) is 0 Å². The SMILES string of the molecule is CCN(C(C)C(=O)N1CCCC1)C1COCC1C(=O)O. The summed E-state index contributed by atoms with van der Waals surface area (Å²) in [5, 5.41) is 9.26. The lowest BCUT2D eigenvalue weighted by Crippen LogP contribution is -2.53. The van der Waals surface area contributed by atoms with Crippen molar-refractivity contribution in [3.63, 3.8) is 0 Å². The Bertz CT molecular complexity index is 368. The molecule has 3 unspecified atom stereocenters. The quantitative estimate of drug-likeness (QED) is 0.792. The Kier molecular flexibility index (Phi) is 4.99. The van der Waals surface area contributed by atoms with Gasteiger partial charge in [-0.1, -0.05) is 6.92 Å². The summed E-state index contributed by atoms with van der Waals surface area (Å²) in [6, 6.07) is -0.495. The van der Waals surface area contributed by atoms with Crippen molar-refractivity contribution in [3.05, 3.63) is 0 Å². The van der Waals surface area contributed by atoms with Gasteiger partial charge in [-0.25, -0.2) is 0 Å². The van der Waals surface area contributed by atoms with Crippen LogP contribution in [-0.4, -0.2) is 71.7 Å². The van der Waals surface area contributed by atoms with Crippen LogP contribution in [0, 0.1) is 5.92 Å². The number of rotatable bonds is 5. The van der Waals surface area contributed by atoms with Crippen molar-refractivity contribution < 1.29 is 19.4 Å². The second kappa shape index (κ2) is 6.54. The molecule has 1 N–H and O–H groups in total. The molecule has 3 atom stereocenters. The van der Waals surface area contributed by atoms with Gasteiger partial charge in [0.15, 0.2) is 0 Å². The van der Waals surface area contributed by atoms with E-state index >= 15 is 0 Å². The highest BCUT2D eigenvalue weighted by Crippen LogP contribution is 2.23. The summed E-state index contributed by atoms with van der Waals surface area (Å²) in [7, 11) is 0. The van der Waals surface area contributed by atoms with E-state index in [-0.39, 0.29) is 24.6 Å². The van der Waals surface area contributed by atoms with Crippen LogP contribution in [0.25, 0.3) is 0 Å². The normalized spacial score (nSPS) is 28.1. The van der Waals surface area contributed by atoms with Gasteiger partial charge in [0, 0.05) is 19.1 Å². The van der Waals surface area contributed by atoms with E-state index in [2.05, 4.69) is 0 Å². The van der Waals surface area contributed by atoms with Crippen molar-refractivity contribution >= 4 is 11.9 Å². The smallest absolute Gasteiger partial charge is 0.310 e. The molecule has 0 bridgehead atoms. The lowest BCUT2D eigenvalue weighted by atomic mass is 10.0. The highest BCUT2D eigenvalue weighted by Gasteiger charge is 2.41.